The lowest BCUT2D eigenvalue weighted by Crippen LogP contribution is -2.30. The summed E-state index contributed by atoms with van der Waals surface area (Å²) in [7, 11) is 0. The molecule has 0 bridgehead atoms. The highest BCUT2D eigenvalue weighted by atomic mass is 32.2. The van der Waals surface area contributed by atoms with Crippen molar-refractivity contribution >= 4 is 23.6 Å². The van der Waals surface area contributed by atoms with Gasteiger partial charge in [0, 0.05) is 19.5 Å². The molecular formula is C17H20N4O3S. The summed E-state index contributed by atoms with van der Waals surface area (Å²) in [4.78, 5) is 25.5. The van der Waals surface area contributed by atoms with Gasteiger partial charge in [-0.15, -0.1) is 10.2 Å². The van der Waals surface area contributed by atoms with Crippen LogP contribution in [0.15, 0.2) is 40.0 Å². The van der Waals surface area contributed by atoms with Crippen LogP contribution in [0.25, 0.3) is 0 Å². The summed E-state index contributed by atoms with van der Waals surface area (Å²) in [6.45, 7) is 3.33. The van der Waals surface area contributed by atoms with Gasteiger partial charge in [0.2, 0.25) is 17.7 Å². The SMILES string of the molecule is CC(Sc1nnc(CN2CCCC2=O)o1)C(=O)NCc1ccccc1. The minimum Gasteiger partial charge on any atom is -0.414 e. The summed E-state index contributed by atoms with van der Waals surface area (Å²) in [5, 5.41) is 10.8. The van der Waals surface area contributed by atoms with Gasteiger partial charge in [0.05, 0.1) is 11.8 Å². The summed E-state index contributed by atoms with van der Waals surface area (Å²) in [5.41, 5.74) is 1.04. The Kier molecular flexibility index (Phi) is 5.70. The predicted octanol–water partition coefficient (Wildman–Crippen LogP) is 1.99. The maximum Gasteiger partial charge on any atom is 0.277 e. The van der Waals surface area contributed by atoms with Crippen LogP contribution in [-0.4, -0.2) is 38.7 Å². The van der Waals surface area contributed by atoms with Gasteiger partial charge in [-0.3, -0.25) is 9.59 Å². The van der Waals surface area contributed by atoms with Gasteiger partial charge < -0.3 is 14.6 Å². The molecule has 0 spiro atoms. The molecule has 132 valence electrons. The van der Waals surface area contributed by atoms with E-state index in [2.05, 4.69) is 15.5 Å². The number of hydrogen-bond donors (Lipinski definition) is 1. The van der Waals surface area contributed by atoms with Crippen LogP contribution >= 0.6 is 11.8 Å². The lowest BCUT2D eigenvalue weighted by molar-refractivity contribution is -0.128. The van der Waals surface area contributed by atoms with Crippen LogP contribution in [0.1, 0.15) is 31.2 Å². The summed E-state index contributed by atoms with van der Waals surface area (Å²) < 4.78 is 5.54. The molecule has 1 aromatic carbocycles. The summed E-state index contributed by atoms with van der Waals surface area (Å²) in [6.07, 6.45) is 1.45. The van der Waals surface area contributed by atoms with Crippen molar-refractivity contribution in [2.75, 3.05) is 6.54 Å². The second kappa shape index (κ2) is 8.15. The van der Waals surface area contributed by atoms with Gasteiger partial charge in [0.1, 0.15) is 0 Å². The van der Waals surface area contributed by atoms with Gasteiger partial charge in [-0.1, -0.05) is 42.1 Å². The number of thioether (sulfide) groups is 1. The topological polar surface area (TPSA) is 88.3 Å². The van der Waals surface area contributed by atoms with Gasteiger partial charge >= 0.3 is 0 Å². The van der Waals surface area contributed by atoms with Crippen LogP contribution in [0.5, 0.6) is 0 Å². The Bertz CT molecular complexity index is 735. The zero-order valence-electron chi connectivity index (χ0n) is 14.0. The van der Waals surface area contributed by atoms with Gasteiger partial charge in [0.25, 0.3) is 5.22 Å². The van der Waals surface area contributed by atoms with E-state index in [9.17, 15) is 9.59 Å². The number of rotatable bonds is 7. The second-order valence-corrected chi connectivity index (χ2v) is 7.14. The van der Waals surface area contributed by atoms with Crippen LogP contribution in [0.2, 0.25) is 0 Å². The Balaban J connectivity index is 1.48. The molecule has 0 saturated carbocycles. The van der Waals surface area contributed by atoms with Gasteiger partial charge in [-0.25, -0.2) is 0 Å². The number of likely N-dealkylation sites (tertiary alicyclic amines) is 1. The number of aromatic nitrogens is 2. The fraction of sp³-hybridized carbons (Fsp3) is 0.412. The Morgan fingerprint density at radius 3 is 2.88 bits per heavy atom. The first kappa shape index (κ1) is 17.5. The molecule has 1 atom stereocenters. The predicted molar refractivity (Wildman–Crippen MR) is 92.6 cm³/mol. The number of carbonyl (C=O) groups is 2. The molecule has 8 heteroatoms. The molecule has 1 aliphatic heterocycles. The normalized spacial score (nSPS) is 15.4. The largest absolute Gasteiger partial charge is 0.414 e. The highest BCUT2D eigenvalue weighted by Crippen LogP contribution is 2.23. The van der Waals surface area contributed by atoms with Crippen LogP contribution in [0.4, 0.5) is 0 Å². The van der Waals surface area contributed by atoms with E-state index in [1.807, 2.05) is 30.3 Å². The van der Waals surface area contributed by atoms with Gasteiger partial charge in [0.15, 0.2) is 0 Å². The molecule has 0 aliphatic carbocycles. The zero-order chi connectivity index (χ0) is 17.6. The van der Waals surface area contributed by atoms with Crippen molar-refractivity contribution < 1.29 is 14.0 Å². The summed E-state index contributed by atoms with van der Waals surface area (Å²) in [6, 6.07) is 9.73. The lowest BCUT2D eigenvalue weighted by Gasteiger charge is -2.11. The Morgan fingerprint density at radius 1 is 1.36 bits per heavy atom. The third-order valence-electron chi connectivity index (χ3n) is 3.90. The van der Waals surface area contributed by atoms with Crippen molar-refractivity contribution in [1.29, 1.82) is 0 Å². The van der Waals surface area contributed by atoms with Crippen molar-refractivity contribution in [2.45, 2.75) is 43.3 Å². The fourth-order valence-corrected chi connectivity index (χ4v) is 3.24. The Labute approximate surface area is 150 Å². The van der Waals surface area contributed by atoms with Crippen LogP contribution < -0.4 is 5.32 Å². The molecule has 1 unspecified atom stereocenters. The maximum absolute atomic E-state index is 12.2. The third kappa shape index (κ3) is 4.82. The molecule has 3 rings (SSSR count). The molecule has 1 saturated heterocycles. The van der Waals surface area contributed by atoms with E-state index in [1.165, 1.54) is 11.8 Å². The lowest BCUT2D eigenvalue weighted by atomic mass is 10.2. The van der Waals surface area contributed by atoms with E-state index in [1.54, 1.807) is 11.8 Å². The first-order chi connectivity index (χ1) is 12.1. The molecule has 1 aromatic heterocycles. The quantitative estimate of drug-likeness (QED) is 0.760. The van der Waals surface area contributed by atoms with Crippen LogP contribution in [-0.2, 0) is 22.7 Å². The number of nitrogens with one attached hydrogen (secondary N) is 1. The molecular weight excluding hydrogens is 340 g/mol. The van der Waals surface area contributed by atoms with Crippen molar-refractivity contribution in [3.05, 3.63) is 41.8 Å². The van der Waals surface area contributed by atoms with Gasteiger partial charge in [-0.05, 0) is 18.9 Å². The van der Waals surface area contributed by atoms with Crippen molar-refractivity contribution in [1.82, 2.24) is 20.4 Å². The van der Waals surface area contributed by atoms with E-state index >= 15 is 0 Å². The van der Waals surface area contributed by atoms with E-state index in [0.717, 1.165) is 18.5 Å². The Morgan fingerprint density at radius 2 is 2.16 bits per heavy atom. The molecule has 2 heterocycles. The van der Waals surface area contributed by atoms with Crippen molar-refractivity contribution in [3.8, 4) is 0 Å². The molecule has 1 fully saturated rings. The van der Waals surface area contributed by atoms with Crippen LogP contribution in [0.3, 0.4) is 0 Å². The third-order valence-corrected chi connectivity index (χ3v) is 4.84. The van der Waals surface area contributed by atoms with Crippen molar-refractivity contribution in [2.24, 2.45) is 0 Å². The first-order valence-corrected chi connectivity index (χ1v) is 9.08. The van der Waals surface area contributed by atoms with E-state index in [4.69, 9.17) is 4.42 Å². The smallest absolute Gasteiger partial charge is 0.277 e. The molecule has 1 aliphatic rings. The van der Waals surface area contributed by atoms with Crippen LogP contribution in [0, 0.1) is 0 Å². The average molecular weight is 360 g/mol. The van der Waals surface area contributed by atoms with Gasteiger partial charge in [-0.2, -0.15) is 0 Å². The highest BCUT2D eigenvalue weighted by Gasteiger charge is 2.23. The molecule has 1 N–H and O–H groups in total. The minimum atomic E-state index is -0.356. The molecule has 25 heavy (non-hydrogen) atoms. The van der Waals surface area contributed by atoms with E-state index in [0.29, 0.717) is 30.6 Å². The average Bonchev–Trinajstić information content (AvgIpc) is 3.23. The highest BCUT2D eigenvalue weighted by molar-refractivity contribution is 8.00. The minimum absolute atomic E-state index is 0.0941. The first-order valence-electron chi connectivity index (χ1n) is 8.20. The van der Waals surface area contributed by atoms with Crippen molar-refractivity contribution in [3.63, 3.8) is 0 Å². The maximum atomic E-state index is 12.2. The summed E-state index contributed by atoms with van der Waals surface area (Å²) >= 11 is 1.21. The Hall–Kier alpha value is -2.35. The zero-order valence-corrected chi connectivity index (χ0v) is 14.8. The summed E-state index contributed by atoms with van der Waals surface area (Å²) in [5.74, 6) is 0.416. The molecule has 7 nitrogen and oxygen atoms in total. The number of benzene rings is 1. The van der Waals surface area contributed by atoms with E-state index in [-0.39, 0.29) is 17.1 Å². The standard InChI is InChI=1S/C17H20N4O3S/c1-12(16(23)18-10-13-6-3-2-4-7-13)25-17-20-19-14(24-17)11-21-9-5-8-15(21)22/h2-4,6-7,12H,5,8-11H2,1H3,(H,18,23). The fourth-order valence-electron chi connectivity index (χ4n) is 2.52. The number of nitrogens with zero attached hydrogens (tertiary/aromatic N) is 3. The second-order valence-electron chi connectivity index (χ2n) is 5.84. The molecule has 2 aromatic rings. The monoisotopic (exact) mass is 360 g/mol. The molecule has 2 amide bonds. The number of hydrogen-bond acceptors (Lipinski definition) is 6. The van der Waals surface area contributed by atoms with E-state index < -0.39 is 0 Å². The number of carbonyl (C=O) groups excluding carboxylic acids is 2. The molecule has 0 radical (unpaired) electrons. The number of amides is 2.